The molecule has 0 aromatic carbocycles. The predicted octanol–water partition coefficient (Wildman–Crippen LogP) is 3.96. The minimum Gasteiger partial charge on any atom is -0.367 e. The van der Waals surface area contributed by atoms with Crippen LogP contribution < -0.4 is 5.32 Å². The van der Waals surface area contributed by atoms with E-state index in [0.717, 1.165) is 22.6 Å². The van der Waals surface area contributed by atoms with Gasteiger partial charge in [-0.25, -0.2) is 4.68 Å². The molecular weight excluding hydrogens is 405 g/mol. The van der Waals surface area contributed by atoms with E-state index in [-0.39, 0.29) is 30.3 Å². The molecule has 3 atom stereocenters. The first kappa shape index (κ1) is 20.1. The molecule has 4 heterocycles. The Balaban J connectivity index is 1.66. The van der Waals surface area contributed by atoms with E-state index in [1.807, 2.05) is 13.8 Å². The summed E-state index contributed by atoms with van der Waals surface area (Å²) in [5.74, 6) is 0.229. The number of nitrogens with zero attached hydrogens (tertiary/aromatic N) is 5. The lowest BCUT2D eigenvalue weighted by molar-refractivity contribution is -0.174. The zero-order chi connectivity index (χ0) is 20.9. The summed E-state index contributed by atoms with van der Waals surface area (Å²) in [6.07, 6.45) is -3.01. The van der Waals surface area contributed by atoms with E-state index < -0.39 is 12.2 Å². The molecule has 4 rings (SSSR count). The van der Waals surface area contributed by atoms with Crippen molar-refractivity contribution in [3.8, 4) is 0 Å². The zero-order valence-electron chi connectivity index (χ0n) is 16.4. The maximum absolute atomic E-state index is 13.7. The molecule has 0 spiro atoms. The van der Waals surface area contributed by atoms with Crippen molar-refractivity contribution < 1.29 is 18.0 Å². The van der Waals surface area contributed by atoms with Gasteiger partial charge in [0.25, 0.3) is 5.91 Å². The van der Waals surface area contributed by atoms with Crippen LogP contribution in [0.15, 0.2) is 6.07 Å². The van der Waals surface area contributed by atoms with Crippen molar-refractivity contribution in [2.24, 2.45) is 5.92 Å². The number of carbonyl (C=O) groups is 1. The van der Waals surface area contributed by atoms with Crippen LogP contribution in [0.25, 0.3) is 0 Å². The normalized spacial score (nSPS) is 24.7. The third kappa shape index (κ3) is 3.60. The Labute approximate surface area is 170 Å². The number of halogens is 3. The first-order chi connectivity index (χ1) is 13.7. The lowest BCUT2D eigenvalue weighted by Gasteiger charge is -2.35. The van der Waals surface area contributed by atoms with E-state index in [1.54, 1.807) is 17.9 Å². The summed E-state index contributed by atoms with van der Waals surface area (Å²) in [7, 11) is 0. The Kier molecular flexibility index (Phi) is 5.04. The van der Waals surface area contributed by atoms with Gasteiger partial charge >= 0.3 is 6.18 Å². The molecule has 2 aliphatic rings. The van der Waals surface area contributed by atoms with Crippen LogP contribution in [0.1, 0.15) is 66.3 Å². The second-order valence-electron chi connectivity index (χ2n) is 8.03. The Morgan fingerprint density at radius 2 is 2.14 bits per heavy atom. The topological polar surface area (TPSA) is 75.9 Å². The number of fused-ring (bicyclic) bond motifs is 1. The molecule has 158 valence electrons. The van der Waals surface area contributed by atoms with E-state index in [2.05, 4.69) is 20.0 Å². The third-order valence-electron chi connectivity index (χ3n) is 5.74. The van der Waals surface area contributed by atoms with Crippen LogP contribution in [-0.4, -0.2) is 48.9 Å². The largest absolute Gasteiger partial charge is 0.410 e. The molecular formula is C18H23F3N6OS. The van der Waals surface area contributed by atoms with Crippen molar-refractivity contribution in [2.45, 2.75) is 64.3 Å². The maximum Gasteiger partial charge on any atom is 0.410 e. The number of likely N-dealkylation sites (tertiary alicyclic amines) is 1. The molecule has 1 saturated heterocycles. The number of rotatable bonds is 3. The van der Waals surface area contributed by atoms with Gasteiger partial charge in [-0.15, -0.1) is 5.10 Å². The van der Waals surface area contributed by atoms with Gasteiger partial charge in [-0.05, 0) is 43.6 Å². The summed E-state index contributed by atoms with van der Waals surface area (Å²) in [4.78, 5) is 15.1. The number of hydrogen-bond donors (Lipinski definition) is 1. The highest BCUT2D eigenvalue weighted by atomic mass is 32.1. The summed E-state index contributed by atoms with van der Waals surface area (Å²) in [5, 5.41) is 11.4. The molecule has 29 heavy (non-hydrogen) atoms. The second kappa shape index (κ2) is 7.26. The summed E-state index contributed by atoms with van der Waals surface area (Å²) >= 11 is 1.04. The highest BCUT2D eigenvalue weighted by Crippen LogP contribution is 2.43. The van der Waals surface area contributed by atoms with Crippen molar-refractivity contribution >= 4 is 23.3 Å². The summed E-state index contributed by atoms with van der Waals surface area (Å²) < 4.78 is 46.0. The maximum atomic E-state index is 13.7. The highest BCUT2D eigenvalue weighted by molar-refractivity contribution is 7.07. The van der Waals surface area contributed by atoms with E-state index in [9.17, 15) is 18.0 Å². The van der Waals surface area contributed by atoms with E-state index in [0.29, 0.717) is 35.0 Å². The van der Waals surface area contributed by atoms with Gasteiger partial charge in [0.05, 0.1) is 17.4 Å². The molecule has 0 saturated carbocycles. The quantitative estimate of drug-likeness (QED) is 0.801. The van der Waals surface area contributed by atoms with E-state index in [4.69, 9.17) is 0 Å². The van der Waals surface area contributed by atoms with Gasteiger partial charge in [-0.1, -0.05) is 18.3 Å². The summed E-state index contributed by atoms with van der Waals surface area (Å²) in [6.45, 7) is 6.07. The fraction of sp³-hybridized carbons (Fsp3) is 0.667. The predicted molar refractivity (Wildman–Crippen MR) is 102 cm³/mol. The molecule has 1 fully saturated rings. The number of hydrogen-bond acceptors (Lipinski definition) is 6. The van der Waals surface area contributed by atoms with Crippen molar-refractivity contribution in [3.05, 3.63) is 22.3 Å². The van der Waals surface area contributed by atoms with Crippen LogP contribution in [0.3, 0.4) is 0 Å². The molecule has 2 aromatic rings. The van der Waals surface area contributed by atoms with Gasteiger partial charge < -0.3 is 10.2 Å². The standard InChI is InChI=1S/C18H23F3N6OS/c1-9(2)11-7-14(18(19,20)21)27-15(22-11)8-12(24-27)13-5-4-6-26(13)17(28)16-10(3)23-25-29-16/h8-9,11,13-14,22H,4-7H2,1-3H3/t11-,13?,14+/m0/s1. The lowest BCUT2D eigenvalue weighted by Crippen LogP contribution is -2.41. The Hall–Kier alpha value is -2.17. The SMILES string of the molecule is Cc1nnsc1C(=O)N1CCCC1c1cc2n(n1)[C@@H](C(F)(F)F)C[C@@H](C(C)C)N2. The fourth-order valence-electron chi connectivity index (χ4n) is 4.10. The van der Waals surface area contributed by atoms with Gasteiger partial charge in [0, 0.05) is 18.7 Å². The number of amides is 1. The number of alkyl halides is 3. The van der Waals surface area contributed by atoms with Crippen LogP contribution in [-0.2, 0) is 0 Å². The molecule has 11 heteroatoms. The van der Waals surface area contributed by atoms with Gasteiger partial charge in [-0.2, -0.15) is 18.3 Å². The monoisotopic (exact) mass is 428 g/mol. The number of nitrogens with one attached hydrogen (secondary N) is 1. The number of aryl methyl sites for hydroxylation is 1. The van der Waals surface area contributed by atoms with Crippen molar-refractivity contribution in [3.63, 3.8) is 0 Å². The molecule has 1 unspecified atom stereocenters. The van der Waals surface area contributed by atoms with E-state index >= 15 is 0 Å². The average Bonchev–Trinajstić information content (AvgIpc) is 3.37. The van der Waals surface area contributed by atoms with Crippen LogP contribution in [0.2, 0.25) is 0 Å². The average molecular weight is 428 g/mol. The van der Waals surface area contributed by atoms with Crippen LogP contribution in [0.5, 0.6) is 0 Å². The highest BCUT2D eigenvalue weighted by Gasteiger charge is 2.47. The first-order valence-electron chi connectivity index (χ1n) is 9.69. The fourth-order valence-corrected chi connectivity index (χ4v) is 4.71. The number of carbonyl (C=O) groups excluding carboxylic acids is 1. The van der Waals surface area contributed by atoms with Gasteiger partial charge in [0.15, 0.2) is 6.04 Å². The molecule has 0 radical (unpaired) electrons. The number of aromatic nitrogens is 4. The Bertz CT molecular complexity index is 908. The zero-order valence-corrected chi connectivity index (χ0v) is 17.2. The van der Waals surface area contributed by atoms with Crippen LogP contribution >= 0.6 is 11.5 Å². The Morgan fingerprint density at radius 1 is 1.38 bits per heavy atom. The molecule has 1 amide bonds. The van der Waals surface area contributed by atoms with Crippen LogP contribution in [0.4, 0.5) is 19.0 Å². The van der Waals surface area contributed by atoms with Gasteiger partial charge in [0.2, 0.25) is 0 Å². The molecule has 0 aliphatic carbocycles. The molecule has 7 nitrogen and oxygen atoms in total. The smallest absolute Gasteiger partial charge is 0.367 e. The molecule has 2 aromatic heterocycles. The number of anilines is 1. The van der Waals surface area contributed by atoms with Gasteiger partial charge in [-0.3, -0.25) is 4.79 Å². The minimum absolute atomic E-state index is 0.0540. The second-order valence-corrected chi connectivity index (χ2v) is 8.79. The lowest BCUT2D eigenvalue weighted by atomic mass is 9.94. The summed E-state index contributed by atoms with van der Waals surface area (Å²) in [6, 6.07) is -0.638. The van der Waals surface area contributed by atoms with Gasteiger partial charge in [0.1, 0.15) is 10.7 Å². The van der Waals surface area contributed by atoms with Crippen molar-refractivity contribution in [2.75, 3.05) is 11.9 Å². The van der Waals surface area contributed by atoms with Crippen molar-refractivity contribution in [1.82, 2.24) is 24.3 Å². The molecule has 1 N–H and O–H groups in total. The summed E-state index contributed by atoms with van der Waals surface area (Å²) in [5.41, 5.74) is 1.06. The minimum atomic E-state index is -4.39. The Morgan fingerprint density at radius 3 is 2.76 bits per heavy atom. The first-order valence-corrected chi connectivity index (χ1v) is 10.5. The van der Waals surface area contributed by atoms with Crippen LogP contribution in [0, 0.1) is 12.8 Å². The third-order valence-corrected chi connectivity index (χ3v) is 6.56. The molecule has 0 bridgehead atoms. The molecule has 2 aliphatic heterocycles. The van der Waals surface area contributed by atoms with Crippen molar-refractivity contribution in [1.29, 1.82) is 0 Å². The van der Waals surface area contributed by atoms with E-state index in [1.165, 1.54) is 0 Å².